The first-order valence-electron chi connectivity index (χ1n) is 8.33. The van der Waals surface area contributed by atoms with Gasteiger partial charge in [-0.05, 0) is 25.0 Å². The average Bonchev–Trinajstić information content (AvgIpc) is 3.16. The number of amides is 1. The summed E-state index contributed by atoms with van der Waals surface area (Å²) >= 11 is 0. The molecule has 1 aliphatic rings. The molecule has 0 bridgehead atoms. The third-order valence-electron chi connectivity index (χ3n) is 4.26. The van der Waals surface area contributed by atoms with E-state index < -0.39 is 29.7 Å². The van der Waals surface area contributed by atoms with E-state index in [-0.39, 0.29) is 24.0 Å². The zero-order valence-corrected chi connectivity index (χ0v) is 14.4. The zero-order valence-electron chi connectivity index (χ0n) is 14.4. The molecule has 28 heavy (non-hydrogen) atoms. The van der Waals surface area contributed by atoms with Crippen LogP contribution in [0, 0.1) is 5.92 Å². The van der Waals surface area contributed by atoms with E-state index in [1.165, 1.54) is 0 Å². The third-order valence-corrected chi connectivity index (χ3v) is 4.26. The quantitative estimate of drug-likeness (QED) is 0.778. The van der Waals surface area contributed by atoms with Crippen LogP contribution in [0.3, 0.4) is 0 Å². The summed E-state index contributed by atoms with van der Waals surface area (Å²) < 4.78 is 44.0. The molecule has 2 unspecified atom stereocenters. The maximum atomic E-state index is 12.6. The van der Waals surface area contributed by atoms with Crippen LogP contribution in [0.2, 0.25) is 0 Å². The summed E-state index contributed by atoms with van der Waals surface area (Å²) in [5.74, 6) is -2.31. The standard InChI is InChI=1S/C16H16F3N5O4/c17-16(18,19)10-3-4-12(20-6-10)24-7-11(22-23-24)14(25)21-13(15(26)27)9-2-1-5-28-8-9/h3-4,6-7,9,13H,1-2,5,8H2,(H,21,25)(H,26,27). The smallest absolute Gasteiger partial charge is 0.417 e. The van der Waals surface area contributed by atoms with Gasteiger partial charge in [0.05, 0.1) is 18.4 Å². The molecular formula is C16H16F3N5O4. The van der Waals surface area contributed by atoms with Crippen molar-refractivity contribution in [2.24, 2.45) is 5.92 Å². The lowest BCUT2D eigenvalue weighted by molar-refractivity contribution is -0.142. The monoisotopic (exact) mass is 399 g/mol. The van der Waals surface area contributed by atoms with Crippen molar-refractivity contribution < 1.29 is 32.6 Å². The van der Waals surface area contributed by atoms with Crippen molar-refractivity contribution in [2.75, 3.05) is 13.2 Å². The number of rotatable bonds is 5. The lowest BCUT2D eigenvalue weighted by Crippen LogP contribution is -2.48. The normalized spacial score (nSPS) is 18.5. The Bertz CT molecular complexity index is 847. The molecule has 3 heterocycles. The van der Waals surface area contributed by atoms with Crippen molar-refractivity contribution in [3.05, 3.63) is 35.8 Å². The molecule has 2 aromatic rings. The van der Waals surface area contributed by atoms with E-state index in [9.17, 15) is 27.9 Å². The maximum Gasteiger partial charge on any atom is 0.417 e. The molecule has 3 rings (SSSR count). The van der Waals surface area contributed by atoms with Gasteiger partial charge in [0.15, 0.2) is 11.5 Å². The van der Waals surface area contributed by atoms with Gasteiger partial charge in [-0.1, -0.05) is 5.21 Å². The van der Waals surface area contributed by atoms with Gasteiger partial charge >= 0.3 is 12.1 Å². The average molecular weight is 399 g/mol. The van der Waals surface area contributed by atoms with E-state index in [2.05, 4.69) is 20.6 Å². The lowest BCUT2D eigenvalue weighted by Gasteiger charge is -2.27. The fourth-order valence-corrected chi connectivity index (χ4v) is 2.79. The van der Waals surface area contributed by atoms with Crippen LogP contribution in [0.5, 0.6) is 0 Å². The Morgan fingerprint density at radius 2 is 2.14 bits per heavy atom. The summed E-state index contributed by atoms with van der Waals surface area (Å²) in [4.78, 5) is 27.5. The first-order valence-corrected chi connectivity index (χ1v) is 8.33. The fraction of sp³-hybridized carbons (Fsp3) is 0.438. The Labute approximate surface area is 156 Å². The number of carboxylic acids is 1. The van der Waals surface area contributed by atoms with Crippen LogP contribution in [0.25, 0.3) is 5.82 Å². The molecule has 1 saturated heterocycles. The Morgan fingerprint density at radius 1 is 1.36 bits per heavy atom. The molecule has 12 heteroatoms. The summed E-state index contributed by atoms with van der Waals surface area (Å²) in [6, 6.07) is 0.758. The second-order valence-electron chi connectivity index (χ2n) is 6.22. The topological polar surface area (TPSA) is 119 Å². The van der Waals surface area contributed by atoms with Gasteiger partial charge in [0.25, 0.3) is 5.91 Å². The third kappa shape index (κ3) is 4.44. The molecule has 1 amide bonds. The molecule has 9 nitrogen and oxygen atoms in total. The molecule has 2 aromatic heterocycles. The Morgan fingerprint density at radius 3 is 2.71 bits per heavy atom. The highest BCUT2D eigenvalue weighted by Crippen LogP contribution is 2.28. The number of aromatic nitrogens is 4. The zero-order chi connectivity index (χ0) is 20.3. The molecule has 150 valence electrons. The minimum absolute atomic E-state index is 0.0232. The largest absolute Gasteiger partial charge is 0.480 e. The number of halogens is 3. The van der Waals surface area contributed by atoms with E-state index in [0.717, 1.165) is 23.0 Å². The van der Waals surface area contributed by atoms with Gasteiger partial charge in [-0.3, -0.25) is 4.79 Å². The highest BCUT2D eigenvalue weighted by Gasteiger charge is 2.33. The molecule has 0 spiro atoms. The summed E-state index contributed by atoms with van der Waals surface area (Å²) in [6.07, 6.45) is -1.44. The van der Waals surface area contributed by atoms with E-state index in [0.29, 0.717) is 25.6 Å². The Hall–Kier alpha value is -3.02. The van der Waals surface area contributed by atoms with Crippen LogP contribution >= 0.6 is 0 Å². The SMILES string of the molecule is O=C(NC(C(=O)O)C1CCCOC1)c1cn(-c2ccc(C(F)(F)F)cn2)nn1. The predicted molar refractivity (Wildman–Crippen MR) is 86.6 cm³/mol. The number of pyridine rings is 1. The van der Waals surface area contributed by atoms with Gasteiger partial charge in [-0.15, -0.1) is 5.10 Å². The molecule has 1 aliphatic heterocycles. The first-order chi connectivity index (χ1) is 13.3. The predicted octanol–water partition coefficient (Wildman–Crippen LogP) is 1.29. The first kappa shape index (κ1) is 19.7. The minimum Gasteiger partial charge on any atom is -0.480 e. The molecular weight excluding hydrogens is 383 g/mol. The molecule has 0 radical (unpaired) electrons. The lowest BCUT2D eigenvalue weighted by atomic mass is 9.93. The van der Waals surface area contributed by atoms with E-state index in [1.54, 1.807) is 0 Å². The van der Waals surface area contributed by atoms with Crippen LogP contribution in [0.4, 0.5) is 13.2 Å². The summed E-state index contributed by atoms with van der Waals surface area (Å²) in [5.41, 5.74) is -1.11. The number of ether oxygens (including phenoxy) is 1. The molecule has 0 aromatic carbocycles. The number of nitrogens with zero attached hydrogens (tertiary/aromatic N) is 4. The van der Waals surface area contributed by atoms with Gasteiger partial charge in [0.1, 0.15) is 6.04 Å². The van der Waals surface area contributed by atoms with Gasteiger partial charge in [0.2, 0.25) is 0 Å². The molecule has 0 aliphatic carbocycles. The number of hydrogen-bond donors (Lipinski definition) is 2. The minimum atomic E-state index is -4.52. The van der Waals surface area contributed by atoms with Crippen LogP contribution in [0.15, 0.2) is 24.5 Å². The number of hydrogen-bond acceptors (Lipinski definition) is 6. The van der Waals surface area contributed by atoms with E-state index >= 15 is 0 Å². The number of nitrogens with one attached hydrogen (secondary N) is 1. The van der Waals surface area contributed by atoms with Crippen molar-refractivity contribution in [1.82, 2.24) is 25.3 Å². The van der Waals surface area contributed by atoms with Crippen molar-refractivity contribution in [2.45, 2.75) is 25.1 Å². The van der Waals surface area contributed by atoms with Crippen molar-refractivity contribution in [3.63, 3.8) is 0 Å². The highest BCUT2D eigenvalue weighted by atomic mass is 19.4. The summed E-state index contributed by atoms with van der Waals surface area (Å²) in [6.45, 7) is 0.769. The number of aliphatic carboxylic acids is 1. The second kappa shape index (κ2) is 7.92. The van der Waals surface area contributed by atoms with Crippen LogP contribution < -0.4 is 5.32 Å². The van der Waals surface area contributed by atoms with Gasteiger partial charge < -0.3 is 15.2 Å². The van der Waals surface area contributed by atoms with Crippen molar-refractivity contribution in [1.29, 1.82) is 0 Å². The van der Waals surface area contributed by atoms with E-state index in [1.807, 2.05) is 0 Å². The molecule has 0 saturated carbocycles. The van der Waals surface area contributed by atoms with Crippen molar-refractivity contribution in [3.8, 4) is 5.82 Å². The number of alkyl halides is 3. The maximum absolute atomic E-state index is 12.6. The number of carbonyl (C=O) groups excluding carboxylic acids is 1. The summed E-state index contributed by atoms with van der Waals surface area (Å²) in [5, 5.41) is 19.1. The number of carbonyl (C=O) groups is 2. The van der Waals surface area contributed by atoms with Gasteiger partial charge in [-0.2, -0.15) is 13.2 Å². The Kier molecular flexibility index (Phi) is 5.58. The Balaban J connectivity index is 1.71. The molecule has 2 atom stereocenters. The fourth-order valence-electron chi connectivity index (χ4n) is 2.79. The van der Waals surface area contributed by atoms with Crippen LogP contribution in [-0.4, -0.2) is 56.2 Å². The van der Waals surface area contributed by atoms with E-state index in [4.69, 9.17) is 4.74 Å². The van der Waals surface area contributed by atoms with Gasteiger partial charge in [0, 0.05) is 18.7 Å². The van der Waals surface area contributed by atoms with Crippen LogP contribution in [0.1, 0.15) is 28.9 Å². The van der Waals surface area contributed by atoms with Crippen molar-refractivity contribution >= 4 is 11.9 Å². The number of carboxylic acid groups (broad SMARTS) is 1. The summed E-state index contributed by atoms with van der Waals surface area (Å²) in [7, 11) is 0. The van der Waals surface area contributed by atoms with Crippen LogP contribution in [-0.2, 0) is 15.7 Å². The molecule has 1 fully saturated rings. The second-order valence-corrected chi connectivity index (χ2v) is 6.22. The molecule has 2 N–H and O–H groups in total. The van der Waals surface area contributed by atoms with Gasteiger partial charge in [-0.25, -0.2) is 14.5 Å². The highest BCUT2D eigenvalue weighted by molar-refractivity contribution is 5.94.